The number of hydrogen-bond acceptors (Lipinski definition) is 11. The molecule has 0 bridgehead atoms. The van der Waals surface area contributed by atoms with Crippen LogP contribution < -0.4 is 0 Å². The number of carbonyl (C=O) groups is 4. The summed E-state index contributed by atoms with van der Waals surface area (Å²) in [5, 5.41) is 31.4. The normalized spacial score (nSPS) is 18.9. The Balaban J connectivity index is 2.74. The van der Waals surface area contributed by atoms with Crippen LogP contribution >= 0.6 is 0 Å². The van der Waals surface area contributed by atoms with Gasteiger partial charge in [-0.25, -0.2) is 4.79 Å². The molecule has 0 aromatic rings. The van der Waals surface area contributed by atoms with Gasteiger partial charge >= 0.3 is 23.9 Å². The van der Waals surface area contributed by atoms with Gasteiger partial charge in [0.1, 0.15) is 18.8 Å². The van der Waals surface area contributed by atoms with Gasteiger partial charge in [0, 0.05) is 19.3 Å². The van der Waals surface area contributed by atoms with Gasteiger partial charge < -0.3 is 39.0 Å². The van der Waals surface area contributed by atoms with E-state index < -0.39 is 67.3 Å². The SMILES string of the molecule is CC/C=C\C/C=C\C/C=C\C/C=C\C/C=C\C/C=C\CCC(=O)OC1C(OCC(COC(=O)CCCCCCC/C=C\CCCCCC)OC(=O)CCCCCCCCCCCCC)OC(C(=O)O)C(O)C1O. The molecule has 1 rings (SSSR count). The summed E-state index contributed by atoms with van der Waals surface area (Å²) in [5.41, 5.74) is 0. The number of carboxylic acid groups (broad SMARTS) is 1. The van der Waals surface area contributed by atoms with Gasteiger partial charge in [-0.2, -0.15) is 0 Å². The highest BCUT2D eigenvalue weighted by atomic mass is 16.7. The molecule has 0 aromatic heterocycles. The van der Waals surface area contributed by atoms with Crippen molar-refractivity contribution in [1.29, 1.82) is 0 Å². The predicted octanol–water partition coefficient (Wildman–Crippen LogP) is 14.3. The van der Waals surface area contributed by atoms with E-state index in [2.05, 4.69) is 87.6 Å². The molecule has 0 radical (unpaired) electrons. The average molecular weight is 1030 g/mol. The fourth-order valence-electron chi connectivity index (χ4n) is 8.09. The molecule has 6 atom stereocenters. The van der Waals surface area contributed by atoms with E-state index in [0.29, 0.717) is 25.7 Å². The molecule has 3 N–H and O–H groups in total. The second-order valence-electron chi connectivity index (χ2n) is 19.2. The highest BCUT2D eigenvalue weighted by molar-refractivity contribution is 5.74. The van der Waals surface area contributed by atoms with Crippen LogP contribution in [0.4, 0.5) is 0 Å². The maximum Gasteiger partial charge on any atom is 0.335 e. The molecule has 0 saturated carbocycles. The molecule has 0 spiro atoms. The van der Waals surface area contributed by atoms with Crippen LogP contribution in [0.15, 0.2) is 85.1 Å². The minimum absolute atomic E-state index is 0.0671. The molecule has 0 amide bonds. The van der Waals surface area contributed by atoms with E-state index in [9.17, 15) is 34.5 Å². The Kier molecular flexibility index (Phi) is 44.7. The van der Waals surface area contributed by atoms with E-state index in [1.165, 1.54) is 70.6 Å². The van der Waals surface area contributed by atoms with Gasteiger partial charge in [-0.15, -0.1) is 0 Å². The number of esters is 3. The number of aliphatic carboxylic acids is 1. The number of aliphatic hydroxyl groups is 2. The van der Waals surface area contributed by atoms with Crippen molar-refractivity contribution in [3.8, 4) is 0 Å². The number of carboxylic acids is 1. The van der Waals surface area contributed by atoms with Crippen molar-refractivity contribution in [2.75, 3.05) is 13.2 Å². The fourth-order valence-corrected chi connectivity index (χ4v) is 8.09. The topological polar surface area (TPSA) is 175 Å². The molecular weight excluding hydrogens is 925 g/mol. The largest absolute Gasteiger partial charge is 0.479 e. The lowest BCUT2D eigenvalue weighted by Gasteiger charge is -2.40. The smallest absolute Gasteiger partial charge is 0.335 e. The highest BCUT2D eigenvalue weighted by Gasteiger charge is 2.50. The van der Waals surface area contributed by atoms with Gasteiger partial charge in [-0.05, 0) is 83.5 Å². The van der Waals surface area contributed by atoms with E-state index in [-0.39, 0.29) is 25.9 Å². The van der Waals surface area contributed by atoms with Crippen molar-refractivity contribution >= 4 is 23.9 Å². The first-order valence-corrected chi connectivity index (χ1v) is 28.6. The van der Waals surface area contributed by atoms with Gasteiger partial charge in [-0.3, -0.25) is 14.4 Å². The standard InChI is InChI=1S/C61H100O12/c1-4-7-10-13-16-19-22-24-25-26-27-28-29-31-34-37-40-43-46-49-55(64)72-59-57(66)56(65)58(60(67)68)73-61(59)70-51-52(71-54(63)48-45-42-39-36-32-21-18-15-12-9-6-3)50-69-53(62)47-44-41-38-35-33-30-23-20-17-14-11-8-5-2/h7,10,16,19-20,23-25,27-28,31,34,40,43,52,56-59,61,65-66H,4-6,8-9,11-15,17-18,21-22,26,29-30,32-33,35-39,41-42,44-51H2,1-3H3,(H,67,68)/b10-7-,19-16-,23-20-,25-24-,28-27-,34-31-,43-40-. The van der Waals surface area contributed by atoms with Crippen molar-refractivity contribution in [1.82, 2.24) is 0 Å². The second-order valence-corrected chi connectivity index (χ2v) is 19.2. The van der Waals surface area contributed by atoms with Crippen LogP contribution in [0.1, 0.15) is 226 Å². The second kappa shape index (κ2) is 48.8. The average Bonchev–Trinajstić information content (AvgIpc) is 3.37. The molecule has 1 saturated heterocycles. The van der Waals surface area contributed by atoms with Crippen molar-refractivity contribution in [2.24, 2.45) is 0 Å². The number of carbonyl (C=O) groups excluding carboxylic acids is 3. The van der Waals surface area contributed by atoms with Crippen LogP contribution in [0.3, 0.4) is 0 Å². The van der Waals surface area contributed by atoms with Crippen LogP contribution in [0, 0.1) is 0 Å². The summed E-state index contributed by atoms with van der Waals surface area (Å²) in [6.45, 7) is 5.80. The molecule has 0 aliphatic carbocycles. The van der Waals surface area contributed by atoms with Crippen molar-refractivity contribution in [3.63, 3.8) is 0 Å². The summed E-state index contributed by atoms with van der Waals surface area (Å²) in [4.78, 5) is 50.9. The van der Waals surface area contributed by atoms with E-state index >= 15 is 0 Å². The minimum atomic E-state index is -1.93. The first-order chi connectivity index (χ1) is 35.6. The quantitative estimate of drug-likeness (QED) is 0.0228. The Morgan fingerprint density at radius 3 is 1.38 bits per heavy atom. The molecule has 1 aliphatic rings. The number of aliphatic hydroxyl groups excluding tert-OH is 2. The van der Waals surface area contributed by atoms with Gasteiger partial charge in [0.05, 0.1) is 6.61 Å². The van der Waals surface area contributed by atoms with Crippen molar-refractivity contribution < 1.29 is 58.2 Å². The van der Waals surface area contributed by atoms with Crippen molar-refractivity contribution in [2.45, 2.75) is 263 Å². The molecule has 0 aromatic carbocycles. The summed E-state index contributed by atoms with van der Waals surface area (Å²) in [5.74, 6) is -3.24. The monoisotopic (exact) mass is 1020 g/mol. The molecule has 12 heteroatoms. The van der Waals surface area contributed by atoms with Gasteiger partial charge in [-0.1, -0.05) is 209 Å². The van der Waals surface area contributed by atoms with Gasteiger partial charge in [0.15, 0.2) is 24.6 Å². The number of unbranched alkanes of at least 4 members (excludes halogenated alkanes) is 19. The maximum atomic E-state index is 13.1. The predicted molar refractivity (Wildman–Crippen MR) is 294 cm³/mol. The first-order valence-electron chi connectivity index (χ1n) is 28.6. The zero-order valence-electron chi connectivity index (χ0n) is 45.6. The summed E-state index contributed by atoms with van der Waals surface area (Å²) in [6, 6.07) is 0. The minimum Gasteiger partial charge on any atom is -0.479 e. The van der Waals surface area contributed by atoms with Crippen LogP contribution in [0.5, 0.6) is 0 Å². The van der Waals surface area contributed by atoms with Crippen LogP contribution in [0.2, 0.25) is 0 Å². The number of ether oxygens (including phenoxy) is 5. The van der Waals surface area contributed by atoms with E-state index in [0.717, 1.165) is 89.9 Å². The Bertz CT molecular complexity index is 1590. The van der Waals surface area contributed by atoms with Gasteiger partial charge in [0.25, 0.3) is 0 Å². The highest BCUT2D eigenvalue weighted by Crippen LogP contribution is 2.26. The van der Waals surface area contributed by atoms with Crippen LogP contribution in [-0.2, 0) is 42.9 Å². The van der Waals surface area contributed by atoms with E-state index in [1.54, 1.807) is 0 Å². The number of rotatable bonds is 47. The van der Waals surface area contributed by atoms with E-state index in [1.807, 2.05) is 18.2 Å². The zero-order chi connectivity index (χ0) is 53.3. The molecule has 73 heavy (non-hydrogen) atoms. The summed E-state index contributed by atoms with van der Waals surface area (Å²) in [6.07, 6.45) is 50.0. The summed E-state index contributed by atoms with van der Waals surface area (Å²) < 4.78 is 28.3. The molecule has 1 aliphatic heterocycles. The number of hydrogen-bond donors (Lipinski definition) is 3. The summed E-state index contributed by atoms with van der Waals surface area (Å²) >= 11 is 0. The van der Waals surface area contributed by atoms with Crippen LogP contribution in [0.25, 0.3) is 0 Å². The molecular formula is C61H100O12. The third kappa shape index (κ3) is 39.0. The third-order valence-corrected chi connectivity index (χ3v) is 12.5. The molecule has 416 valence electrons. The van der Waals surface area contributed by atoms with Crippen LogP contribution in [-0.4, -0.2) is 89.2 Å². The lowest BCUT2D eigenvalue weighted by Crippen LogP contribution is -2.61. The van der Waals surface area contributed by atoms with Gasteiger partial charge in [0.2, 0.25) is 0 Å². The molecule has 1 fully saturated rings. The first kappa shape index (κ1) is 66.9. The molecule has 1 heterocycles. The summed E-state index contributed by atoms with van der Waals surface area (Å²) in [7, 11) is 0. The molecule has 6 unspecified atom stereocenters. The molecule has 12 nitrogen and oxygen atoms in total. The Morgan fingerprint density at radius 2 is 0.890 bits per heavy atom. The lowest BCUT2D eigenvalue weighted by molar-refractivity contribution is -0.301. The van der Waals surface area contributed by atoms with E-state index in [4.69, 9.17) is 23.7 Å². The maximum absolute atomic E-state index is 13.1. The third-order valence-electron chi connectivity index (χ3n) is 12.5. The fraction of sp³-hybridized carbons (Fsp3) is 0.705. The Labute approximate surface area is 441 Å². The Hall–Kier alpha value is -4.10. The van der Waals surface area contributed by atoms with Crippen molar-refractivity contribution in [3.05, 3.63) is 85.1 Å². The number of allylic oxidation sites excluding steroid dienone is 14. The Morgan fingerprint density at radius 1 is 0.466 bits per heavy atom. The zero-order valence-corrected chi connectivity index (χ0v) is 45.6. The lowest BCUT2D eigenvalue weighted by atomic mass is 9.98.